The molecule has 100 valence electrons. The Morgan fingerprint density at radius 3 is 2.44 bits per heavy atom. The molecule has 1 rings (SSSR count). The van der Waals surface area contributed by atoms with E-state index in [-0.39, 0.29) is 13.0 Å². The molecule has 0 fully saturated rings. The van der Waals surface area contributed by atoms with E-state index in [4.69, 9.17) is 4.74 Å². The molecule has 0 aliphatic heterocycles. The monoisotopic (exact) mass is 259 g/mol. The smallest absolute Gasteiger partial charge is 0.308 e. The Hall–Kier alpha value is -1.69. The maximum absolute atomic E-state index is 13.5. The molecule has 0 saturated carbocycles. The van der Waals surface area contributed by atoms with E-state index in [1.807, 2.05) is 0 Å². The molecule has 6 heteroatoms. The Labute approximate surface area is 104 Å². The molecular formula is C12H15F2NO3. The summed E-state index contributed by atoms with van der Waals surface area (Å²) in [5.74, 6) is -2.54. The van der Waals surface area contributed by atoms with Crippen LogP contribution in [0.4, 0.5) is 8.78 Å². The summed E-state index contributed by atoms with van der Waals surface area (Å²) in [6, 6.07) is 2.38. The number of ether oxygens (including phenoxy) is 2. The number of methoxy groups -OCH3 is 1. The Morgan fingerprint density at radius 1 is 1.33 bits per heavy atom. The van der Waals surface area contributed by atoms with Gasteiger partial charge in [-0.25, -0.2) is 8.78 Å². The van der Waals surface area contributed by atoms with Crippen molar-refractivity contribution in [2.75, 3.05) is 20.8 Å². The predicted octanol–water partition coefficient (Wildman–Crippen LogP) is 1.63. The molecule has 1 aromatic carbocycles. The summed E-state index contributed by atoms with van der Waals surface area (Å²) in [6.07, 6.45) is -0.0619. The summed E-state index contributed by atoms with van der Waals surface area (Å²) in [5, 5.41) is 2.79. The fraction of sp³-hybridized carbons (Fsp3) is 0.417. The molecule has 0 aromatic heterocycles. The maximum atomic E-state index is 13.5. The highest BCUT2D eigenvalue weighted by Gasteiger charge is 2.13. The summed E-state index contributed by atoms with van der Waals surface area (Å²) >= 11 is 0. The second-order valence-electron chi connectivity index (χ2n) is 3.59. The van der Waals surface area contributed by atoms with Gasteiger partial charge in [-0.1, -0.05) is 0 Å². The second kappa shape index (κ2) is 6.90. The molecular weight excluding hydrogens is 244 g/mol. The summed E-state index contributed by atoms with van der Waals surface area (Å²) in [7, 11) is 2.91. The van der Waals surface area contributed by atoms with E-state index in [1.54, 1.807) is 7.05 Å². The highest BCUT2D eigenvalue weighted by atomic mass is 19.1. The zero-order valence-electron chi connectivity index (χ0n) is 10.3. The lowest BCUT2D eigenvalue weighted by Crippen LogP contribution is -2.10. The van der Waals surface area contributed by atoms with Crippen LogP contribution < -0.4 is 10.1 Å². The number of rotatable bonds is 6. The number of hydrogen-bond acceptors (Lipinski definition) is 4. The Kier molecular flexibility index (Phi) is 5.51. The van der Waals surface area contributed by atoms with E-state index in [0.29, 0.717) is 12.1 Å². The van der Waals surface area contributed by atoms with Crippen molar-refractivity contribution in [3.05, 3.63) is 29.3 Å². The van der Waals surface area contributed by atoms with Gasteiger partial charge in [0.05, 0.1) is 20.1 Å². The molecule has 0 radical (unpaired) electrons. The van der Waals surface area contributed by atoms with Gasteiger partial charge in [0.2, 0.25) is 0 Å². The van der Waals surface area contributed by atoms with Crippen LogP contribution in [0.15, 0.2) is 12.1 Å². The average Bonchev–Trinajstić information content (AvgIpc) is 2.32. The first-order valence-electron chi connectivity index (χ1n) is 5.40. The van der Waals surface area contributed by atoms with Crippen molar-refractivity contribution in [2.24, 2.45) is 0 Å². The van der Waals surface area contributed by atoms with Crippen molar-refractivity contribution in [1.82, 2.24) is 5.32 Å². The second-order valence-corrected chi connectivity index (χ2v) is 3.59. The molecule has 0 aliphatic rings. The minimum Gasteiger partial charge on any atom is -0.487 e. The number of nitrogens with one attached hydrogen (secondary N) is 1. The van der Waals surface area contributed by atoms with E-state index in [9.17, 15) is 13.6 Å². The van der Waals surface area contributed by atoms with Crippen molar-refractivity contribution in [3.63, 3.8) is 0 Å². The zero-order chi connectivity index (χ0) is 13.5. The van der Waals surface area contributed by atoms with Crippen LogP contribution in [0.5, 0.6) is 5.75 Å². The van der Waals surface area contributed by atoms with Crippen molar-refractivity contribution >= 4 is 5.97 Å². The van der Waals surface area contributed by atoms with Crippen LogP contribution in [0.25, 0.3) is 0 Å². The van der Waals surface area contributed by atoms with Crippen LogP contribution in [0.2, 0.25) is 0 Å². The topological polar surface area (TPSA) is 47.6 Å². The van der Waals surface area contributed by atoms with Crippen molar-refractivity contribution in [2.45, 2.75) is 13.0 Å². The third kappa shape index (κ3) is 3.96. The van der Waals surface area contributed by atoms with Gasteiger partial charge in [-0.2, -0.15) is 0 Å². The zero-order valence-corrected chi connectivity index (χ0v) is 10.3. The summed E-state index contributed by atoms with van der Waals surface area (Å²) in [4.78, 5) is 10.8. The molecule has 0 amide bonds. The molecule has 18 heavy (non-hydrogen) atoms. The lowest BCUT2D eigenvalue weighted by Gasteiger charge is -2.09. The summed E-state index contributed by atoms with van der Waals surface area (Å²) < 4.78 is 36.4. The number of carbonyl (C=O) groups excluding carboxylic acids is 1. The van der Waals surface area contributed by atoms with Gasteiger partial charge in [-0.05, 0) is 24.7 Å². The molecule has 4 nitrogen and oxygen atoms in total. The van der Waals surface area contributed by atoms with E-state index < -0.39 is 23.4 Å². The Morgan fingerprint density at radius 2 is 1.94 bits per heavy atom. The van der Waals surface area contributed by atoms with E-state index >= 15 is 0 Å². The quantitative estimate of drug-likeness (QED) is 0.789. The molecule has 0 aliphatic carbocycles. The van der Waals surface area contributed by atoms with Crippen LogP contribution in [0.1, 0.15) is 12.0 Å². The van der Waals surface area contributed by atoms with Gasteiger partial charge >= 0.3 is 5.97 Å². The van der Waals surface area contributed by atoms with E-state index in [2.05, 4.69) is 10.1 Å². The lowest BCUT2D eigenvalue weighted by atomic mass is 10.2. The van der Waals surface area contributed by atoms with Crippen molar-refractivity contribution in [3.8, 4) is 5.75 Å². The molecule has 0 bridgehead atoms. The van der Waals surface area contributed by atoms with E-state index in [0.717, 1.165) is 0 Å². The van der Waals surface area contributed by atoms with E-state index in [1.165, 1.54) is 19.2 Å². The average molecular weight is 259 g/mol. The largest absolute Gasteiger partial charge is 0.487 e. The number of halogens is 2. The van der Waals surface area contributed by atoms with Gasteiger partial charge in [0.15, 0.2) is 17.4 Å². The standard InChI is InChI=1S/C12H15F2NO3/c1-15-7-8-5-9(13)12(10(14)6-8)18-4-3-11(16)17-2/h5-6,15H,3-4,7H2,1-2H3. The maximum Gasteiger partial charge on any atom is 0.308 e. The van der Waals surface area contributed by atoms with Crippen LogP contribution in [-0.4, -0.2) is 26.7 Å². The normalized spacial score (nSPS) is 10.2. The first-order valence-corrected chi connectivity index (χ1v) is 5.40. The van der Waals surface area contributed by atoms with Crippen LogP contribution in [-0.2, 0) is 16.1 Å². The van der Waals surface area contributed by atoms with Crippen LogP contribution in [0.3, 0.4) is 0 Å². The molecule has 0 spiro atoms. The fourth-order valence-corrected chi connectivity index (χ4v) is 1.39. The van der Waals surface area contributed by atoms with Crippen molar-refractivity contribution in [1.29, 1.82) is 0 Å². The molecule has 1 aromatic rings. The minimum absolute atomic E-state index is 0.0619. The molecule has 0 unspecified atom stereocenters. The third-order valence-electron chi connectivity index (χ3n) is 2.22. The van der Waals surface area contributed by atoms with Gasteiger partial charge in [0.25, 0.3) is 0 Å². The number of esters is 1. The molecule has 0 saturated heterocycles. The first-order chi connectivity index (χ1) is 8.58. The number of carbonyl (C=O) groups is 1. The van der Waals surface area contributed by atoms with Gasteiger partial charge < -0.3 is 14.8 Å². The Balaban J connectivity index is 2.68. The third-order valence-corrected chi connectivity index (χ3v) is 2.22. The predicted molar refractivity (Wildman–Crippen MR) is 61.2 cm³/mol. The van der Waals surface area contributed by atoms with Gasteiger partial charge in [0, 0.05) is 6.54 Å². The number of hydrogen-bond donors (Lipinski definition) is 1. The van der Waals surface area contributed by atoms with Crippen LogP contribution >= 0.6 is 0 Å². The summed E-state index contributed by atoms with van der Waals surface area (Å²) in [6.45, 7) is 0.224. The van der Waals surface area contributed by atoms with Crippen molar-refractivity contribution < 1.29 is 23.0 Å². The first kappa shape index (κ1) is 14.4. The molecule has 0 atom stereocenters. The summed E-state index contributed by atoms with van der Waals surface area (Å²) in [5.41, 5.74) is 0.479. The Bertz CT molecular complexity index is 401. The van der Waals surface area contributed by atoms with Gasteiger partial charge in [-0.3, -0.25) is 4.79 Å². The van der Waals surface area contributed by atoms with Gasteiger partial charge in [0.1, 0.15) is 0 Å². The minimum atomic E-state index is -0.787. The SMILES string of the molecule is CNCc1cc(F)c(OCCC(=O)OC)c(F)c1. The lowest BCUT2D eigenvalue weighted by molar-refractivity contribution is -0.141. The fourth-order valence-electron chi connectivity index (χ4n) is 1.39. The highest BCUT2D eigenvalue weighted by molar-refractivity contribution is 5.69. The highest BCUT2D eigenvalue weighted by Crippen LogP contribution is 2.23. The van der Waals surface area contributed by atoms with Crippen LogP contribution in [0, 0.1) is 11.6 Å². The number of benzene rings is 1. The molecule has 0 heterocycles. The van der Waals surface area contributed by atoms with Gasteiger partial charge in [-0.15, -0.1) is 0 Å². The molecule has 1 N–H and O–H groups in total.